The number of carbonyl (C=O) groups is 3. The van der Waals surface area contributed by atoms with Crippen molar-refractivity contribution in [2.24, 2.45) is 0 Å². The number of amides is 3. The molecule has 0 bridgehead atoms. The van der Waals surface area contributed by atoms with E-state index in [-0.39, 0.29) is 5.75 Å². The van der Waals surface area contributed by atoms with Crippen LogP contribution in [0.5, 0.6) is 0 Å². The van der Waals surface area contributed by atoms with Crippen LogP contribution in [0.3, 0.4) is 0 Å². The normalized spacial score (nSPS) is 26.7. The Balaban J connectivity index is 1.78. The fourth-order valence-corrected chi connectivity index (χ4v) is 5.34. The largest absolute Gasteiger partial charge is 0.444 e. The summed E-state index contributed by atoms with van der Waals surface area (Å²) in [6.07, 6.45) is -6.71. The van der Waals surface area contributed by atoms with Crippen LogP contribution in [-0.4, -0.2) is 73.6 Å². The number of thioether (sulfide) groups is 1. The van der Waals surface area contributed by atoms with E-state index in [1.807, 2.05) is 0 Å². The summed E-state index contributed by atoms with van der Waals surface area (Å²) in [5, 5.41) is 10.8. The van der Waals surface area contributed by atoms with Crippen molar-refractivity contribution in [2.45, 2.75) is 82.5 Å². The van der Waals surface area contributed by atoms with Gasteiger partial charge >= 0.3 is 12.2 Å². The fraction of sp³-hybridized carbons (Fsp3) is 0.609. The zero-order chi connectivity index (χ0) is 24.7. The first-order chi connectivity index (χ1) is 15.2. The molecule has 33 heavy (non-hydrogen) atoms. The molecule has 2 aliphatic rings. The van der Waals surface area contributed by atoms with Crippen LogP contribution in [0.1, 0.15) is 53.2 Å². The van der Waals surface area contributed by atoms with E-state index in [4.69, 9.17) is 9.47 Å². The molecular formula is C23H31FN2O6S. The van der Waals surface area contributed by atoms with Gasteiger partial charge in [0.2, 0.25) is 6.17 Å². The Morgan fingerprint density at radius 2 is 1.88 bits per heavy atom. The van der Waals surface area contributed by atoms with E-state index < -0.39 is 59.0 Å². The molecule has 1 aromatic rings. The second-order valence-electron chi connectivity index (χ2n) is 9.73. The summed E-state index contributed by atoms with van der Waals surface area (Å²) < 4.78 is 26.1. The highest BCUT2D eigenvalue weighted by molar-refractivity contribution is 8.00. The van der Waals surface area contributed by atoms with Gasteiger partial charge in [-0.15, -0.1) is 11.8 Å². The summed E-state index contributed by atoms with van der Waals surface area (Å²) in [5.41, 5.74) is -0.114. The molecule has 1 aromatic carbocycles. The number of cyclic esters (lactones) is 1. The van der Waals surface area contributed by atoms with Crippen LogP contribution in [0.15, 0.2) is 30.3 Å². The van der Waals surface area contributed by atoms with Gasteiger partial charge in [-0.25, -0.2) is 18.9 Å². The number of nitrogens with zero attached hydrogens (tertiary/aromatic N) is 2. The monoisotopic (exact) mass is 482 g/mol. The van der Waals surface area contributed by atoms with Crippen molar-refractivity contribution in [3.05, 3.63) is 35.9 Å². The minimum absolute atomic E-state index is 0.202. The molecule has 3 amide bonds. The molecule has 3 rings (SSSR count). The van der Waals surface area contributed by atoms with E-state index in [0.29, 0.717) is 10.5 Å². The van der Waals surface area contributed by atoms with Crippen LogP contribution < -0.4 is 0 Å². The molecule has 2 heterocycles. The van der Waals surface area contributed by atoms with Crippen LogP contribution >= 0.6 is 11.8 Å². The Kier molecular flexibility index (Phi) is 7.00. The molecule has 0 radical (unpaired) electrons. The molecule has 0 spiro atoms. The van der Waals surface area contributed by atoms with Gasteiger partial charge in [0.1, 0.15) is 17.8 Å². The van der Waals surface area contributed by atoms with Crippen molar-refractivity contribution in [1.82, 2.24) is 9.80 Å². The lowest BCUT2D eigenvalue weighted by molar-refractivity contribution is -0.140. The molecule has 0 unspecified atom stereocenters. The molecule has 5 atom stereocenters. The predicted octanol–water partition coefficient (Wildman–Crippen LogP) is 3.88. The number of aliphatic hydroxyl groups is 1. The first kappa shape index (κ1) is 25.3. The minimum Gasteiger partial charge on any atom is -0.444 e. The van der Waals surface area contributed by atoms with Crippen LogP contribution in [0.4, 0.5) is 14.0 Å². The Labute approximate surface area is 197 Å². The summed E-state index contributed by atoms with van der Waals surface area (Å²) in [5.74, 6) is -0.995. The summed E-state index contributed by atoms with van der Waals surface area (Å²) in [7, 11) is 0. The maximum absolute atomic E-state index is 15.4. The number of carbonyl (C=O) groups excluding carboxylic acids is 3. The number of rotatable bonds is 4. The highest BCUT2D eigenvalue weighted by Gasteiger charge is 2.53. The van der Waals surface area contributed by atoms with Gasteiger partial charge in [-0.05, 0) is 47.1 Å². The van der Waals surface area contributed by atoms with Gasteiger partial charge in [0.25, 0.3) is 5.91 Å². The molecule has 0 aliphatic carbocycles. The van der Waals surface area contributed by atoms with Crippen LogP contribution in [-0.2, 0) is 14.3 Å². The number of hydrogen-bond acceptors (Lipinski definition) is 7. The molecule has 1 N–H and O–H groups in total. The maximum atomic E-state index is 15.4. The number of halogens is 1. The Morgan fingerprint density at radius 3 is 2.45 bits per heavy atom. The highest BCUT2D eigenvalue weighted by atomic mass is 32.2. The number of aliphatic hydroxyl groups excluding tert-OH is 1. The average Bonchev–Trinajstić information content (AvgIpc) is 3.20. The Bertz CT molecular complexity index is 906. The smallest absolute Gasteiger partial charge is 0.417 e. The lowest BCUT2D eigenvalue weighted by atomic mass is 10.0. The summed E-state index contributed by atoms with van der Waals surface area (Å²) >= 11 is 1.34. The standard InChI is InChI=1S/C23H31FN2O6S/c1-13-18(14-10-8-7-9-11-14)31-20(29)25(13)19(28)16(24)17(27)15-12-33-23(5,6)26(15)21(30)32-22(2,3)4/h7-11,13,15-18,27H,12H2,1-6H3/t13-,15+,16-,17+,18-/m0/s1. The van der Waals surface area contributed by atoms with Gasteiger partial charge in [0, 0.05) is 5.75 Å². The van der Waals surface area contributed by atoms with E-state index in [0.717, 1.165) is 0 Å². The zero-order valence-corrected chi connectivity index (χ0v) is 20.5. The maximum Gasteiger partial charge on any atom is 0.417 e. The molecule has 0 aromatic heterocycles. The van der Waals surface area contributed by atoms with E-state index in [1.165, 1.54) is 16.7 Å². The quantitative estimate of drug-likeness (QED) is 0.696. The zero-order valence-electron chi connectivity index (χ0n) is 19.6. The van der Waals surface area contributed by atoms with Gasteiger partial charge in [-0.2, -0.15) is 0 Å². The van der Waals surface area contributed by atoms with E-state index >= 15 is 4.39 Å². The van der Waals surface area contributed by atoms with Crippen molar-refractivity contribution in [3.63, 3.8) is 0 Å². The third kappa shape index (κ3) is 5.11. The summed E-state index contributed by atoms with van der Waals surface area (Å²) in [6.45, 7) is 10.2. The molecule has 2 fully saturated rings. The van der Waals surface area contributed by atoms with Crippen molar-refractivity contribution in [1.29, 1.82) is 0 Å². The van der Waals surface area contributed by atoms with Crippen molar-refractivity contribution < 1.29 is 33.4 Å². The molecule has 8 nitrogen and oxygen atoms in total. The lowest BCUT2D eigenvalue weighted by Gasteiger charge is -2.38. The van der Waals surface area contributed by atoms with Gasteiger partial charge in [0.15, 0.2) is 0 Å². The molecule has 2 aliphatic heterocycles. The van der Waals surface area contributed by atoms with E-state index in [2.05, 4.69) is 0 Å². The molecule has 2 saturated heterocycles. The van der Waals surface area contributed by atoms with Crippen molar-refractivity contribution in [2.75, 3.05) is 5.75 Å². The number of benzene rings is 1. The number of hydrogen-bond donors (Lipinski definition) is 1. The van der Waals surface area contributed by atoms with Crippen molar-refractivity contribution in [3.8, 4) is 0 Å². The van der Waals surface area contributed by atoms with Crippen LogP contribution in [0.25, 0.3) is 0 Å². The number of imide groups is 1. The van der Waals surface area contributed by atoms with Crippen LogP contribution in [0.2, 0.25) is 0 Å². The SMILES string of the molecule is C[C@H]1[C@@H](c2ccccc2)OC(=O)N1C(=O)[C@@H](F)[C@H](O)[C@H]1CSC(C)(C)N1C(=O)OC(C)(C)C. The number of alkyl halides is 1. The molecule has 10 heteroatoms. The molecule has 182 valence electrons. The van der Waals surface area contributed by atoms with Gasteiger partial charge < -0.3 is 14.6 Å². The first-order valence-corrected chi connectivity index (χ1v) is 11.8. The van der Waals surface area contributed by atoms with Crippen LogP contribution in [0, 0.1) is 0 Å². The third-order valence-electron chi connectivity index (χ3n) is 5.67. The third-order valence-corrected chi connectivity index (χ3v) is 7.09. The lowest BCUT2D eigenvalue weighted by Crippen LogP contribution is -2.57. The molecule has 0 saturated carbocycles. The highest BCUT2D eigenvalue weighted by Crippen LogP contribution is 2.42. The summed E-state index contributed by atoms with van der Waals surface area (Å²) in [6, 6.07) is 7.06. The average molecular weight is 483 g/mol. The van der Waals surface area contributed by atoms with Gasteiger partial charge in [0.05, 0.1) is 17.0 Å². The first-order valence-electron chi connectivity index (χ1n) is 10.8. The van der Waals surface area contributed by atoms with Gasteiger partial charge in [-0.3, -0.25) is 9.69 Å². The second-order valence-corrected chi connectivity index (χ2v) is 11.4. The van der Waals surface area contributed by atoms with Gasteiger partial charge in [-0.1, -0.05) is 30.3 Å². The Hall–Kier alpha value is -2.33. The summed E-state index contributed by atoms with van der Waals surface area (Å²) in [4.78, 5) is 39.4. The minimum atomic E-state index is -2.43. The number of ether oxygens (including phenoxy) is 2. The Morgan fingerprint density at radius 1 is 1.27 bits per heavy atom. The second kappa shape index (κ2) is 9.13. The van der Waals surface area contributed by atoms with Crippen molar-refractivity contribution >= 4 is 29.9 Å². The molecular weight excluding hydrogens is 451 g/mol. The van der Waals surface area contributed by atoms with E-state index in [9.17, 15) is 19.5 Å². The van der Waals surface area contributed by atoms with E-state index in [1.54, 1.807) is 71.9 Å². The topological polar surface area (TPSA) is 96.4 Å². The fourth-order valence-electron chi connectivity index (χ4n) is 4.07. The predicted molar refractivity (Wildman–Crippen MR) is 121 cm³/mol.